The smallest absolute Gasteiger partial charge is 0.226 e. The summed E-state index contributed by atoms with van der Waals surface area (Å²) in [7, 11) is 0. The number of amides is 2. The molecule has 0 spiro atoms. The third-order valence-electron chi connectivity index (χ3n) is 6.44. The second kappa shape index (κ2) is 8.26. The van der Waals surface area contributed by atoms with Gasteiger partial charge in [-0.1, -0.05) is 26.7 Å². The van der Waals surface area contributed by atoms with Crippen LogP contribution in [0, 0.1) is 17.3 Å². The zero-order valence-electron chi connectivity index (χ0n) is 15.7. The van der Waals surface area contributed by atoms with Gasteiger partial charge in [-0.15, -0.1) is 12.4 Å². The number of rotatable bonds is 2. The number of nitrogens with two attached hydrogens (primary N) is 1. The fraction of sp³-hybridized carbons (Fsp3) is 0.895. The number of carbonyl (C=O) groups is 2. The van der Waals surface area contributed by atoms with Crippen LogP contribution in [0.3, 0.4) is 0 Å². The monoisotopic (exact) mass is 371 g/mol. The lowest BCUT2D eigenvalue weighted by molar-refractivity contribution is -0.149. The molecule has 2 saturated heterocycles. The Hall–Kier alpha value is -0.810. The van der Waals surface area contributed by atoms with E-state index < -0.39 is 0 Å². The lowest BCUT2D eigenvalue weighted by Gasteiger charge is -2.45. The van der Waals surface area contributed by atoms with Gasteiger partial charge in [0.05, 0.1) is 0 Å². The van der Waals surface area contributed by atoms with Crippen LogP contribution in [0.2, 0.25) is 0 Å². The standard InChI is InChI=1S/C19H33N3O2.ClH/c1-19(2)13-22(12-9-16(19)20)18(24)15-8-4-3-7-14(15)17(23)21-10-5-6-11-21;/h14-16H,3-13,20H2,1-2H3;1H. The molecule has 0 aromatic rings. The summed E-state index contributed by atoms with van der Waals surface area (Å²) in [4.78, 5) is 30.1. The first-order chi connectivity index (χ1) is 11.4. The van der Waals surface area contributed by atoms with E-state index in [-0.39, 0.29) is 47.5 Å². The van der Waals surface area contributed by atoms with E-state index in [2.05, 4.69) is 13.8 Å². The van der Waals surface area contributed by atoms with E-state index in [1.165, 1.54) is 0 Å². The SMILES string of the molecule is CC1(C)CN(C(=O)C2CCCCC2C(=O)N2CCCC2)CCC1N.Cl. The number of likely N-dealkylation sites (tertiary alicyclic amines) is 2. The van der Waals surface area contributed by atoms with Crippen LogP contribution in [-0.2, 0) is 9.59 Å². The third kappa shape index (κ3) is 4.30. The minimum atomic E-state index is -0.114. The van der Waals surface area contributed by atoms with Crippen LogP contribution in [0.1, 0.15) is 58.8 Å². The van der Waals surface area contributed by atoms with E-state index in [1.54, 1.807) is 0 Å². The van der Waals surface area contributed by atoms with Crippen LogP contribution in [0.4, 0.5) is 0 Å². The molecule has 0 aromatic carbocycles. The van der Waals surface area contributed by atoms with Crippen molar-refractivity contribution in [2.75, 3.05) is 26.2 Å². The highest BCUT2D eigenvalue weighted by molar-refractivity contribution is 5.88. The normalized spacial score (nSPS) is 32.2. The molecule has 3 fully saturated rings. The Balaban J connectivity index is 0.00000225. The zero-order chi connectivity index (χ0) is 17.3. The van der Waals surface area contributed by atoms with Gasteiger partial charge in [0.25, 0.3) is 0 Å². The molecule has 1 saturated carbocycles. The minimum absolute atomic E-state index is 0. The van der Waals surface area contributed by atoms with Gasteiger partial charge in [-0.3, -0.25) is 9.59 Å². The molecule has 3 aliphatic rings. The Kier molecular flexibility index (Phi) is 6.77. The Labute approximate surface area is 158 Å². The molecule has 144 valence electrons. The second-order valence-corrected chi connectivity index (χ2v) is 8.67. The molecule has 3 rings (SSSR count). The Morgan fingerprint density at radius 1 is 0.840 bits per heavy atom. The summed E-state index contributed by atoms with van der Waals surface area (Å²) < 4.78 is 0. The predicted molar refractivity (Wildman–Crippen MR) is 101 cm³/mol. The third-order valence-corrected chi connectivity index (χ3v) is 6.44. The molecule has 3 atom stereocenters. The number of hydrogen-bond acceptors (Lipinski definition) is 3. The molecule has 5 nitrogen and oxygen atoms in total. The van der Waals surface area contributed by atoms with Crippen LogP contribution in [-0.4, -0.2) is 53.8 Å². The summed E-state index contributed by atoms with van der Waals surface area (Å²) in [6, 6.07) is 0.148. The summed E-state index contributed by atoms with van der Waals surface area (Å²) >= 11 is 0. The molecule has 0 bridgehead atoms. The van der Waals surface area contributed by atoms with Crippen LogP contribution < -0.4 is 5.73 Å². The molecule has 2 amide bonds. The first-order valence-electron chi connectivity index (χ1n) is 9.73. The molecule has 25 heavy (non-hydrogen) atoms. The zero-order valence-corrected chi connectivity index (χ0v) is 16.5. The lowest BCUT2D eigenvalue weighted by atomic mass is 9.75. The first kappa shape index (κ1) is 20.5. The largest absolute Gasteiger partial charge is 0.342 e. The van der Waals surface area contributed by atoms with Crippen LogP contribution in [0.25, 0.3) is 0 Å². The second-order valence-electron chi connectivity index (χ2n) is 8.67. The fourth-order valence-corrected chi connectivity index (χ4v) is 4.69. The quantitative estimate of drug-likeness (QED) is 0.810. The number of carbonyl (C=O) groups excluding carboxylic acids is 2. The van der Waals surface area contributed by atoms with E-state index in [0.717, 1.165) is 64.6 Å². The predicted octanol–water partition coefficient (Wildman–Crippen LogP) is 2.42. The van der Waals surface area contributed by atoms with Crippen LogP contribution in [0.5, 0.6) is 0 Å². The number of hydrogen-bond donors (Lipinski definition) is 1. The summed E-state index contributed by atoms with van der Waals surface area (Å²) in [5.41, 5.74) is 6.17. The summed E-state index contributed by atoms with van der Waals surface area (Å²) in [5.74, 6) is 0.228. The van der Waals surface area contributed by atoms with Crippen molar-refractivity contribution in [2.45, 2.75) is 64.8 Å². The van der Waals surface area contributed by atoms with Crippen molar-refractivity contribution < 1.29 is 9.59 Å². The minimum Gasteiger partial charge on any atom is -0.342 e. The Morgan fingerprint density at radius 3 is 1.88 bits per heavy atom. The molecule has 2 heterocycles. The molecular formula is C19H34ClN3O2. The van der Waals surface area contributed by atoms with Gasteiger partial charge < -0.3 is 15.5 Å². The van der Waals surface area contributed by atoms with Crippen molar-refractivity contribution in [2.24, 2.45) is 23.0 Å². The highest BCUT2D eigenvalue weighted by atomic mass is 35.5. The van der Waals surface area contributed by atoms with Crippen molar-refractivity contribution in [1.82, 2.24) is 9.80 Å². The number of halogens is 1. The maximum absolute atomic E-state index is 13.2. The molecule has 0 radical (unpaired) electrons. The van der Waals surface area contributed by atoms with E-state index in [9.17, 15) is 9.59 Å². The van der Waals surface area contributed by atoms with Crippen molar-refractivity contribution in [3.05, 3.63) is 0 Å². The van der Waals surface area contributed by atoms with E-state index >= 15 is 0 Å². The van der Waals surface area contributed by atoms with Crippen molar-refractivity contribution in [3.63, 3.8) is 0 Å². The van der Waals surface area contributed by atoms with Gasteiger partial charge >= 0.3 is 0 Å². The molecule has 3 unspecified atom stereocenters. The Bertz CT molecular complexity index is 491. The highest BCUT2D eigenvalue weighted by Crippen LogP contribution is 2.36. The van der Waals surface area contributed by atoms with E-state index in [4.69, 9.17) is 5.73 Å². The van der Waals surface area contributed by atoms with Crippen LogP contribution >= 0.6 is 12.4 Å². The summed E-state index contributed by atoms with van der Waals surface area (Å²) in [5, 5.41) is 0. The van der Waals surface area contributed by atoms with Gasteiger partial charge in [0.15, 0.2) is 0 Å². The van der Waals surface area contributed by atoms with E-state index in [1.807, 2.05) is 9.80 Å². The van der Waals surface area contributed by atoms with Crippen molar-refractivity contribution in [1.29, 1.82) is 0 Å². The van der Waals surface area contributed by atoms with Crippen LogP contribution in [0.15, 0.2) is 0 Å². The molecular weight excluding hydrogens is 338 g/mol. The lowest BCUT2D eigenvalue weighted by Crippen LogP contribution is -2.56. The van der Waals surface area contributed by atoms with Gasteiger partial charge in [0.2, 0.25) is 11.8 Å². The summed E-state index contributed by atoms with van der Waals surface area (Å²) in [6.07, 6.45) is 6.95. The van der Waals surface area contributed by atoms with Gasteiger partial charge in [0.1, 0.15) is 0 Å². The Morgan fingerprint density at radius 2 is 1.36 bits per heavy atom. The summed E-state index contributed by atoms with van der Waals surface area (Å²) in [6.45, 7) is 7.50. The maximum atomic E-state index is 13.2. The van der Waals surface area contributed by atoms with E-state index in [0.29, 0.717) is 6.54 Å². The van der Waals surface area contributed by atoms with Crippen molar-refractivity contribution in [3.8, 4) is 0 Å². The maximum Gasteiger partial charge on any atom is 0.226 e. The van der Waals surface area contributed by atoms with Gasteiger partial charge in [0, 0.05) is 44.1 Å². The molecule has 1 aliphatic carbocycles. The molecule has 0 aromatic heterocycles. The topological polar surface area (TPSA) is 66.6 Å². The average molecular weight is 372 g/mol. The van der Waals surface area contributed by atoms with Gasteiger partial charge in [-0.2, -0.15) is 0 Å². The first-order valence-corrected chi connectivity index (χ1v) is 9.73. The number of nitrogens with zero attached hydrogens (tertiary/aromatic N) is 2. The average Bonchev–Trinajstić information content (AvgIpc) is 3.10. The molecule has 2 N–H and O–H groups in total. The fourth-order valence-electron chi connectivity index (χ4n) is 4.69. The molecule has 2 aliphatic heterocycles. The highest BCUT2D eigenvalue weighted by Gasteiger charge is 2.43. The van der Waals surface area contributed by atoms with Gasteiger partial charge in [-0.05, 0) is 37.5 Å². The van der Waals surface area contributed by atoms with Gasteiger partial charge in [-0.25, -0.2) is 0 Å². The number of piperidine rings is 1. The van der Waals surface area contributed by atoms with Crippen molar-refractivity contribution >= 4 is 24.2 Å². The molecule has 6 heteroatoms.